The number of rotatable bonds is 7. The van der Waals surface area contributed by atoms with Crippen LogP contribution in [0.4, 0.5) is 15.9 Å². The minimum atomic E-state index is -1.14. The number of hydrogen-bond acceptors (Lipinski definition) is 9. The molecule has 2 aromatic carbocycles. The van der Waals surface area contributed by atoms with Crippen molar-refractivity contribution < 1.29 is 28.7 Å². The van der Waals surface area contributed by atoms with Crippen molar-refractivity contribution in [3.63, 3.8) is 0 Å². The van der Waals surface area contributed by atoms with Crippen molar-refractivity contribution in [2.75, 3.05) is 25.0 Å². The molecule has 0 aliphatic carbocycles. The van der Waals surface area contributed by atoms with Gasteiger partial charge in [0.2, 0.25) is 5.82 Å². The van der Waals surface area contributed by atoms with Crippen molar-refractivity contribution in [1.82, 2.24) is 21.1 Å². The SMILES string of the molecule is O=C(NCCNc1nonc1C(=Nc1ccc(F)c(Br)c1)NO)c1cccc2c1B(O)OCC2. The molecule has 0 atom stereocenters. The average Bonchev–Trinajstić information content (AvgIpc) is 3.30. The monoisotopic (exact) mass is 532 g/mol. The summed E-state index contributed by atoms with van der Waals surface area (Å²) in [4.78, 5) is 16.8. The van der Waals surface area contributed by atoms with E-state index in [9.17, 15) is 19.4 Å². The number of halogens is 2. The Hall–Kier alpha value is -3.33. The van der Waals surface area contributed by atoms with Gasteiger partial charge in [0.25, 0.3) is 5.91 Å². The number of nitrogens with zero attached hydrogens (tertiary/aromatic N) is 3. The zero-order valence-corrected chi connectivity index (χ0v) is 19.2. The molecule has 1 aliphatic heterocycles. The van der Waals surface area contributed by atoms with Crippen LogP contribution in [0.5, 0.6) is 0 Å². The van der Waals surface area contributed by atoms with Gasteiger partial charge >= 0.3 is 7.12 Å². The van der Waals surface area contributed by atoms with Gasteiger partial charge in [0, 0.05) is 25.3 Å². The topological polar surface area (TPSA) is 154 Å². The Morgan fingerprint density at radius 1 is 1.26 bits per heavy atom. The molecule has 0 saturated heterocycles. The molecule has 0 bridgehead atoms. The fourth-order valence-corrected chi connectivity index (χ4v) is 3.78. The van der Waals surface area contributed by atoms with Crippen LogP contribution >= 0.6 is 15.9 Å². The maximum absolute atomic E-state index is 13.4. The van der Waals surface area contributed by atoms with Crippen LogP contribution in [0.1, 0.15) is 21.6 Å². The van der Waals surface area contributed by atoms with Gasteiger partial charge in [0.05, 0.1) is 10.2 Å². The number of hydroxylamine groups is 1. The molecule has 1 aliphatic rings. The van der Waals surface area contributed by atoms with Crippen LogP contribution in [0.15, 0.2) is 50.5 Å². The fraction of sp³-hybridized carbons (Fsp3) is 0.200. The first-order valence-electron chi connectivity index (χ1n) is 10.2. The summed E-state index contributed by atoms with van der Waals surface area (Å²) in [6.45, 7) is 0.835. The lowest BCUT2D eigenvalue weighted by Gasteiger charge is -2.21. The molecule has 4 rings (SSSR count). The molecule has 0 saturated carbocycles. The lowest BCUT2D eigenvalue weighted by Crippen LogP contribution is -2.46. The summed E-state index contributed by atoms with van der Waals surface area (Å²) in [5, 5.41) is 32.8. The number of aromatic nitrogens is 2. The van der Waals surface area contributed by atoms with Crippen molar-refractivity contribution >= 4 is 51.8 Å². The molecular formula is C20H19BBrFN6O5. The van der Waals surface area contributed by atoms with Gasteiger partial charge in [0.15, 0.2) is 11.5 Å². The number of amidine groups is 1. The molecule has 0 unspecified atom stereocenters. The highest BCUT2D eigenvalue weighted by atomic mass is 79.9. The Bertz CT molecular complexity index is 1230. The van der Waals surface area contributed by atoms with E-state index in [4.69, 9.17) is 9.28 Å². The molecule has 176 valence electrons. The number of benzene rings is 2. The van der Waals surface area contributed by atoms with E-state index in [1.165, 1.54) is 18.2 Å². The van der Waals surface area contributed by atoms with Gasteiger partial charge in [-0.05, 0) is 68.0 Å². The normalized spacial score (nSPS) is 13.4. The van der Waals surface area contributed by atoms with E-state index in [1.54, 1.807) is 12.1 Å². The lowest BCUT2D eigenvalue weighted by molar-refractivity contribution is 0.0955. The first-order valence-corrected chi connectivity index (χ1v) is 11.0. The third-order valence-electron chi connectivity index (χ3n) is 5.00. The Kier molecular flexibility index (Phi) is 7.52. The first-order chi connectivity index (χ1) is 16.5. The van der Waals surface area contributed by atoms with Crippen LogP contribution in [-0.2, 0) is 11.1 Å². The van der Waals surface area contributed by atoms with E-state index in [2.05, 4.69) is 41.9 Å². The maximum Gasteiger partial charge on any atom is 0.492 e. The van der Waals surface area contributed by atoms with Crippen molar-refractivity contribution in [3.05, 3.63) is 63.5 Å². The van der Waals surface area contributed by atoms with Crippen LogP contribution in [0.25, 0.3) is 0 Å². The number of nitrogens with one attached hydrogen (secondary N) is 3. The summed E-state index contributed by atoms with van der Waals surface area (Å²) >= 11 is 3.07. The van der Waals surface area contributed by atoms with Gasteiger partial charge in [-0.15, -0.1) is 0 Å². The summed E-state index contributed by atoms with van der Waals surface area (Å²) in [7, 11) is -1.14. The first kappa shape index (κ1) is 23.8. The summed E-state index contributed by atoms with van der Waals surface area (Å²) in [5.74, 6) is -0.737. The highest BCUT2D eigenvalue weighted by molar-refractivity contribution is 9.10. The fourth-order valence-electron chi connectivity index (χ4n) is 3.41. The van der Waals surface area contributed by atoms with Crippen LogP contribution in [0.2, 0.25) is 0 Å². The summed E-state index contributed by atoms with van der Waals surface area (Å²) in [6, 6.07) is 9.31. The van der Waals surface area contributed by atoms with Gasteiger partial charge in [-0.2, -0.15) is 0 Å². The van der Waals surface area contributed by atoms with E-state index < -0.39 is 12.9 Å². The highest BCUT2D eigenvalue weighted by Gasteiger charge is 2.29. The van der Waals surface area contributed by atoms with Crippen LogP contribution in [0.3, 0.4) is 0 Å². The van der Waals surface area contributed by atoms with E-state index in [0.717, 1.165) is 5.56 Å². The minimum Gasteiger partial charge on any atom is -0.423 e. The Morgan fingerprint density at radius 2 is 2.12 bits per heavy atom. The summed E-state index contributed by atoms with van der Waals surface area (Å²) < 4.78 is 23.6. The zero-order valence-electron chi connectivity index (χ0n) is 17.6. The Morgan fingerprint density at radius 3 is 2.91 bits per heavy atom. The molecule has 0 spiro atoms. The number of anilines is 1. The standard InChI is InChI=1S/C20H19BBrFN6O5/c22-14-10-12(4-5-15(14)23)26-19(27-32)17-18(29-34-28-17)24-7-8-25-20(30)13-3-1-2-11-6-9-33-21(31)16(11)13/h1-5,10,31-32H,6-9H2,(H,24,29)(H,25,30)(H,26,27). The number of carbonyl (C=O) groups is 1. The minimum absolute atomic E-state index is 0.0756. The molecule has 1 amide bonds. The molecule has 2 heterocycles. The molecule has 0 fully saturated rings. The largest absolute Gasteiger partial charge is 0.492 e. The van der Waals surface area contributed by atoms with Crippen molar-refractivity contribution in [3.8, 4) is 0 Å². The maximum atomic E-state index is 13.4. The predicted octanol–water partition coefficient (Wildman–Crippen LogP) is 1.13. The van der Waals surface area contributed by atoms with Crippen molar-refractivity contribution in [2.24, 2.45) is 4.99 Å². The molecule has 5 N–H and O–H groups in total. The van der Waals surface area contributed by atoms with Gasteiger partial charge in [-0.25, -0.2) is 14.0 Å². The van der Waals surface area contributed by atoms with Crippen molar-refractivity contribution in [2.45, 2.75) is 6.42 Å². The molecule has 3 aromatic rings. The Balaban J connectivity index is 1.39. The van der Waals surface area contributed by atoms with Gasteiger partial charge in [0.1, 0.15) is 5.82 Å². The average molecular weight is 533 g/mol. The van der Waals surface area contributed by atoms with Crippen LogP contribution in [0, 0.1) is 5.82 Å². The molecular weight excluding hydrogens is 514 g/mol. The number of carbonyl (C=O) groups excluding carboxylic acids is 1. The van der Waals surface area contributed by atoms with E-state index in [1.807, 2.05) is 11.5 Å². The quantitative estimate of drug-likeness (QED) is 0.0989. The van der Waals surface area contributed by atoms with E-state index >= 15 is 0 Å². The van der Waals surface area contributed by atoms with Crippen LogP contribution in [-0.4, -0.2) is 59.1 Å². The second-order valence-corrected chi connectivity index (χ2v) is 8.02. The molecule has 1 aromatic heterocycles. The van der Waals surface area contributed by atoms with Gasteiger partial charge < -0.3 is 20.3 Å². The molecule has 11 nitrogen and oxygen atoms in total. The smallest absolute Gasteiger partial charge is 0.423 e. The number of fused-ring (bicyclic) bond motifs is 1. The summed E-state index contributed by atoms with van der Waals surface area (Å²) in [5.41, 5.74) is 4.03. The van der Waals surface area contributed by atoms with E-state index in [0.29, 0.717) is 29.7 Å². The molecule has 0 radical (unpaired) electrons. The zero-order chi connectivity index (χ0) is 24.1. The molecule has 34 heavy (non-hydrogen) atoms. The third kappa shape index (κ3) is 5.25. The summed E-state index contributed by atoms with van der Waals surface area (Å²) in [6.07, 6.45) is 0.620. The van der Waals surface area contributed by atoms with Crippen LogP contribution < -0.4 is 21.6 Å². The van der Waals surface area contributed by atoms with E-state index in [-0.39, 0.29) is 40.8 Å². The molecule has 14 heteroatoms. The predicted molar refractivity (Wildman–Crippen MR) is 124 cm³/mol. The van der Waals surface area contributed by atoms with Gasteiger partial charge in [-0.3, -0.25) is 15.5 Å². The highest BCUT2D eigenvalue weighted by Crippen LogP contribution is 2.23. The lowest BCUT2D eigenvalue weighted by atomic mass is 9.70. The number of amides is 1. The van der Waals surface area contributed by atoms with Crippen molar-refractivity contribution in [1.29, 1.82) is 0 Å². The Labute approximate surface area is 201 Å². The second-order valence-electron chi connectivity index (χ2n) is 7.17. The van der Waals surface area contributed by atoms with Gasteiger partial charge in [-0.1, -0.05) is 12.1 Å². The second kappa shape index (κ2) is 10.7. The number of hydrogen-bond donors (Lipinski definition) is 5. The number of aliphatic imine (C=N–C) groups is 1. The third-order valence-corrected chi connectivity index (χ3v) is 5.61.